The second-order valence-electron chi connectivity index (χ2n) is 9.50. The van der Waals surface area contributed by atoms with Crippen LogP contribution < -0.4 is 4.90 Å². The average molecular weight is 490 g/mol. The number of anilines is 1. The number of aromatic nitrogens is 2. The maximum Gasteiger partial charge on any atom is 0.226 e. The van der Waals surface area contributed by atoms with Gasteiger partial charge in [-0.3, -0.25) is 9.59 Å². The summed E-state index contributed by atoms with van der Waals surface area (Å²) in [5, 5.41) is 0. The highest BCUT2D eigenvalue weighted by Crippen LogP contribution is 2.27. The normalized spacial score (nSPS) is 16.1. The molecule has 9 heteroatoms. The zero-order chi connectivity index (χ0) is 25.5. The van der Waals surface area contributed by atoms with Crippen molar-refractivity contribution in [1.29, 1.82) is 0 Å². The van der Waals surface area contributed by atoms with Gasteiger partial charge in [0.2, 0.25) is 11.8 Å². The van der Waals surface area contributed by atoms with Crippen molar-refractivity contribution in [2.75, 3.05) is 38.1 Å². The number of carbonyl (C=O) groups excluding carboxylic acids is 2. The minimum atomic E-state index is -0.999. The van der Waals surface area contributed by atoms with Crippen LogP contribution in [-0.4, -0.2) is 64.4 Å². The Bertz CT molecular complexity index is 1020. The molecule has 0 saturated carbocycles. The molecular formula is C26H37F2N5O2. The molecule has 192 valence electrons. The highest BCUT2D eigenvalue weighted by Gasteiger charge is 2.24. The first kappa shape index (κ1) is 26.8. The molecule has 1 aliphatic rings. The number of benzene rings is 1. The first-order valence-electron chi connectivity index (χ1n) is 12.5. The van der Waals surface area contributed by atoms with Crippen LogP contribution in [0.4, 0.5) is 14.5 Å². The molecule has 0 saturated heterocycles. The largest absolute Gasteiger partial charge is 0.338 e. The maximum atomic E-state index is 14.3. The number of aryl methyl sites for hydroxylation is 1. The molecular weight excluding hydrogens is 452 g/mol. The van der Waals surface area contributed by atoms with E-state index >= 15 is 0 Å². The Morgan fingerprint density at radius 3 is 2.40 bits per heavy atom. The van der Waals surface area contributed by atoms with Crippen molar-refractivity contribution in [3.8, 4) is 0 Å². The van der Waals surface area contributed by atoms with Gasteiger partial charge in [0.15, 0.2) is 11.6 Å². The summed E-state index contributed by atoms with van der Waals surface area (Å²) in [5.74, 6) is -1.05. The molecule has 7 nitrogen and oxygen atoms in total. The highest BCUT2D eigenvalue weighted by molar-refractivity contribution is 5.94. The molecule has 0 radical (unpaired) electrons. The Hall–Kier alpha value is -2.81. The van der Waals surface area contributed by atoms with E-state index in [1.54, 1.807) is 18.0 Å². The van der Waals surface area contributed by atoms with E-state index in [1.807, 2.05) is 17.8 Å². The standard InChI is InChI=1S/C26H37F2N5O2/c1-5-24(34)33-13-7-11-30(4)10-6-12-32(18-20-16-21(27)22(28)17-23(20)33)25(35)8-14-31-15-9-29-26(31)19(2)3/h9,15-17,19H,5-8,10-14,18H2,1-4H3. The summed E-state index contributed by atoms with van der Waals surface area (Å²) < 4.78 is 30.6. The topological polar surface area (TPSA) is 61.7 Å². The van der Waals surface area contributed by atoms with Crippen molar-refractivity contribution in [2.24, 2.45) is 0 Å². The van der Waals surface area contributed by atoms with Crippen molar-refractivity contribution in [2.45, 2.75) is 65.5 Å². The lowest BCUT2D eigenvalue weighted by Crippen LogP contribution is -2.38. The molecule has 1 aromatic heterocycles. The maximum absolute atomic E-state index is 14.3. The molecule has 1 aliphatic heterocycles. The van der Waals surface area contributed by atoms with Gasteiger partial charge in [-0.1, -0.05) is 20.8 Å². The van der Waals surface area contributed by atoms with Crippen LogP contribution in [0.3, 0.4) is 0 Å². The van der Waals surface area contributed by atoms with Gasteiger partial charge in [0.1, 0.15) is 5.82 Å². The van der Waals surface area contributed by atoms with E-state index in [0.29, 0.717) is 37.3 Å². The van der Waals surface area contributed by atoms with Crippen LogP contribution in [0.25, 0.3) is 0 Å². The number of amides is 2. The Balaban J connectivity index is 1.90. The number of rotatable bonds is 5. The molecule has 2 amide bonds. The molecule has 2 heterocycles. The minimum Gasteiger partial charge on any atom is -0.338 e. The molecule has 0 N–H and O–H groups in total. The average Bonchev–Trinajstić information content (AvgIpc) is 3.30. The molecule has 0 aliphatic carbocycles. The predicted molar refractivity (Wildman–Crippen MR) is 132 cm³/mol. The summed E-state index contributed by atoms with van der Waals surface area (Å²) in [6, 6.07) is 2.22. The molecule has 3 rings (SSSR count). The Morgan fingerprint density at radius 1 is 1.03 bits per heavy atom. The molecule has 35 heavy (non-hydrogen) atoms. The summed E-state index contributed by atoms with van der Waals surface area (Å²) in [4.78, 5) is 35.9. The quantitative estimate of drug-likeness (QED) is 0.633. The molecule has 0 bridgehead atoms. The third kappa shape index (κ3) is 6.87. The summed E-state index contributed by atoms with van der Waals surface area (Å²) >= 11 is 0. The molecule has 2 aromatic rings. The van der Waals surface area contributed by atoms with Crippen molar-refractivity contribution in [1.82, 2.24) is 19.4 Å². The van der Waals surface area contributed by atoms with Gasteiger partial charge < -0.3 is 19.3 Å². The van der Waals surface area contributed by atoms with Crippen LogP contribution >= 0.6 is 0 Å². The molecule has 1 aromatic carbocycles. The first-order valence-corrected chi connectivity index (χ1v) is 12.5. The number of halogens is 2. The lowest BCUT2D eigenvalue weighted by atomic mass is 10.1. The number of hydrogen-bond acceptors (Lipinski definition) is 4. The van der Waals surface area contributed by atoms with Crippen LogP contribution in [0, 0.1) is 11.6 Å². The van der Waals surface area contributed by atoms with Gasteiger partial charge in [-0.05, 0) is 44.6 Å². The second kappa shape index (κ2) is 12.2. The van der Waals surface area contributed by atoms with Gasteiger partial charge in [0, 0.05) is 63.4 Å². The number of carbonyl (C=O) groups is 2. The van der Waals surface area contributed by atoms with Gasteiger partial charge in [-0.25, -0.2) is 13.8 Å². The van der Waals surface area contributed by atoms with Crippen molar-refractivity contribution in [3.63, 3.8) is 0 Å². The third-order valence-corrected chi connectivity index (χ3v) is 6.45. The van der Waals surface area contributed by atoms with Gasteiger partial charge in [-0.2, -0.15) is 0 Å². The lowest BCUT2D eigenvalue weighted by Gasteiger charge is -2.31. The minimum absolute atomic E-state index is 0.0721. The molecule has 0 unspecified atom stereocenters. The monoisotopic (exact) mass is 489 g/mol. The van der Waals surface area contributed by atoms with E-state index in [2.05, 4.69) is 23.7 Å². The summed E-state index contributed by atoms with van der Waals surface area (Å²) in [6.45, 7) is 8.93. The zero-order valence-electron chi connectivity index (χ0n) is 21.3. The van der Waals surface area contributed by atoms with Gasteiger partial charge in [0.05, 0.1) is 5.69 Å². The zero-order valence-corrected chi connectivity index (χ0v) is 21.3. The highest BCUT2D eigenvalue weighted by atomic mass is 19.2. The SMILES string of the molecule is CCC(=O)N1CCCN(C)CCCN(C(=O)CCn2ccnc2C(C)C)Cc2cc(F)c(F)cc21. The van der Waals surface area contributed by atoms with E-state index < -0.39 is 11.6 Å². The summed E-state index contributed by atoms with van der Waals surface area (Å²) in [7, 11) is 2.01. The van der Waals surface area contributed by atoms with Crippen molar-refractivity contribution >= 4 is 17.5 Å². The second-order valence-corrected chi connectivity index (χ2v) is 9.50. The summed E-state index contributed by atoms with van der Waals surface area (Å²) in [6.07, 6.45) is 5.60. The summed E-state index contributed by atoms with van der Waals surface area (Å²) in [5.41, 5.74) is 0.784. The Kier molecular flexibility index (Phi) is 9.37. The van der Waals surface area contributed by atoms with Gasteiger partial charge in [-0.15, -0.1) is 0 Å². The predicted octanol–water partition coefficient (Wildman–Crippen LogP) is 4.17. The van der Waals surface area contributed by atoms with E-state index in [9.17, 15) is 18.4 Å². The van der Waals surface area contributed by atoms with Crippen LogP contribution in [0.2, 0.25) is 0 Å². The Labute approximate surface area is 206 Å². The number of hydrogen-bond donors (Lipinski definition) is 0. The number of fused-ring (bicyclic) bond motifs is 1. The van der Waals surface area contributed by atoms with Crippen molar-refractivity contribution < 1.29 is 18.4 Å². The third-order valence-electron chi connectivity index (χ3n) is 6.45. The fourth-order valence-corrected chi connectivity index (χ4v) is 4.55. The molecule has 0 atom stereocenters. The first-order chi connectivity index (χ1) is 16.7. The number of imidazole rings is 1. The van der Waals surface area contributed by atoms with Crippen LogP contribution in [0.15, 0.2) is 24.5 Å². The number of nitrogens with zero attached hydrogens (tertiary/aromatic N) is 5. The van der Waals surface area contributed by atoms with E-state index in [0.717, 1.165) is 37.5 Å². The van der Waals surface area contributed by atoms with Crippen LogP contribution in [-0.2, 0) is 22.7 Å². The van der Waals surface area contributed by atoms with Crippen molar-refractivity contribution in [3.05, 3.63) is 47.5 Å². The lowest BCUT2D eigenvalue weighted by molar-refractivity contribution is -0.132. The smallest absolute Gasteiger partial charge is 0.226 e. The van der Waals surface area contributed by atoms with Gasteiger partial charge >= 0.3 is 0 Å². The van der Waals surface area contributed by atoms with E-state index in [4.69, 9.17) is 0 Å². The Morgan fingerprint density at radius 2 is 1.71 bits per heavy atom. The van der Waals surface area contributed by atoms with E-state index in [1.165, 1.54) is 4.90 Å². The molecule has 0 fully saturated rings. The van der Waals surface area contributed by atoms with Gasteiger partial charge in [0.25, 0.3) is 0 Å². The van der Waals surface area contributed by atoms with Crippen LogP contribution in [0.1, 0.15) is 63.8 Å². The van der Waals surface area contributed by atoms with Crippen LogP contribution in [0.5, 0.6) is 0 Å². The van der Waals surface area contributed by atoms with E-state index in [-0.39, 0.29) is 37.1 Å². The fraction of sp³-hybridized carbons (Fsp3) is 0.577. The fourth-order valence-electron chi connectivity index (χ4n) is 4.55. The molecule has 0 spiro atoms.